The Morgan fingerprint density at radius 1 is 1.03 bits per heavy atom. The highest BCUT2D eigenvalue weighted by Gasteiger charge is 2.20. The van der Waals surface area contributed by atoms with Crippen molar-refractivity contribution < 1.29 is 31.2 Å². The van der Waals surface area contributed by atoms with Crippen molar-refractivity contribution in [1.29, 1.82) is 0 Å². The van der Waals surface area contributed by atoms with Gasteiger partial charge in [0.15, 0.2) is 0 Å². The van der Waals surface area contributed by atoms with E-state index in [0.717, 1.165) is 42.5 Å². The van der Waals surface area contributed by atoms with Crippen LogP contribution in [0.25, 0.3) is 0 Å². The number of esters is 1. The Labute approximate surface area is 202 Å². The van der Waals surface area contributed by atoms with Gasteiger partial charge in [0.2, 0.25) is 10.4 Å². The third-order valence-electron chi connectivity index (χ3n) is 5.44. The summed E-state index contributed by atoms with van der Waals surface area (Å²) in [5.74, 6) is 0.888. The van der Waals surface area contributed by atoms with Gasteiger partial charge in [0.05, 0.1) is 45.5 Å². The van der Waals surface area contributed by atoms with E-state index in [4.69, 9.17) is 4.74 Å². The lowest BCUT2D eigenvalue weighted by molar-refractivity contribution is -0.903. The summed E-state index contributed by atoms with van der Waals surface area (Å²) in [5, 5.41) is 0.174. The minimum Gasteiger partial charge on any atom is -0.726 e. The molecule has 184 valence electrons. The highest BCUT2D eigenvalue weighted by atomic mass is 32.3. The van der Waals surface area contributed by atoms with Crippen LogP contribution in [0.15, 0.2) is 60.7 Å². The van der Waals surface area contributed by atoms with Crippen molar-refractivity contribution in [2.24, 2.45) is 0 Å². The Morgan fingerprint density at radius 2 is 1.55 bits per heavy atom. The Morgan fingerprint density at radius 3 is 2.03 bits per heavy atom. The van der Waals surface area contributed by atoms with Gasteiger partial charge in [-0.15, -0.1) is 11.8 Å². The van der Waals surface area contributed by atoms with Gasteiger partial charge in [0.1, 0.15) is 6.61 Å². The van der Waals surface area contributed by atoms with Crippen molar-refractivity contribution in [1.82, 2.24) is 0 Å². The van der Waals surface area contributed by atoms with Crippen molar-refractivity contribution in [2.45, 2.75) is 25.5 Å². The zero-order valence-electron chi connectivity index (χ0n) is 19.8. The van der Waals surface area contributed by atoms with Crippen molar-refractivity contribution in [3.8, 4) is 0 Å². The Hall–Kier alpha value is -1.91. The molecule has 0 aromatic heterocycles. The average Bonchev–Trinajstić information content (AvgIpc) is 2.82. The van der Waals surface area contributed by atoms with Crippen LogP contribution in [-0.4, -0.2) is 69.6 Å². The number of ether oxygens (including phenoxy) is 1. The van der Waals surface area contributed by atoms with Gasteiger partial charge in [-0.2, -0.15) is 0 Å². The number of nitrogens with zero attached hydrogens (tertiary/aromatic N) is 1. The molecule has 0 N–H and O–H groups in total. The van der Waals surface area contributed by atoms with Crippen LogP contribution in [0.4, 0.5) is 0 Å². The number of quaternary nitrogens is 1. The van der Waals surface area contributed by atoms with Crippen molar-refractivity contribution in [3.63, 3.8) is 0 Å². The fourth-order valence-corrected chi connectivity index (χ4v) is 4.19. The third kappa shape index (κ3) is 12.8. The number of thioether (sulfide) groups is 1. The molecule has 2 rings (SSSR count). The van der Waals surface area contributed by atoms with E-state index < -0.39 is 10.4 Å². The van der Waals surface area contributed by atoms with E-state index in [1.807, 2.05) is 60.3 Å². The molecule has 0 aliphatic rings. The lowest BCUT2D eigenvalue weighted by Gasteiger charge is -2.32. The van der Waals surface area contributed by atoms with E-state index in [0.29, 0.717) is 13.0 Å². The molecule has 0 saturated carbocycles. The van der Waals surface area contributed by atoms with Gasteiger partial charge in [0.25, 0.3) is 0 Å². The SMILES string of the molecule is CC[N+](C)(CC)CCSC(COC(=O)Cc1ccccc1)c1ccccc1.COS(=O)(=O)[O-]. The van der Waals surface area contributed by atoms with Crippen molar-refractivity contribution in [3.05, 3.63) is 71.8 Å². The van der Waals surface area contributed by atoms with Crippen molar-refractivity contribution >= 4 is 28.1 Å². The predicted octanol–water partition coefficient (Wildman–Crippen LogP) is 3.83. The van der Waals surface area contributed by atoms with E-state index in [-0.39, 0.29) is 11.2 Å². The highest BCUT2D eigenvalue weighted by Crippen LogP contribution is 2.29. The largest absolute Gasteiger partial charge is 0.726 e. The maximum Gasteiger partial charge on any atom is 0.310 e. The van der Waals surface area contributed by atoms with E-state index in [1.165, 1.54) is 5.56 Å². The standard InChI is InChI=1S/C23H32NO2S.CH4O4S/c1-4-24(3,5-2)16-17-27-22(21-14-10-7-11-15-21)19-26-23(25)18-20-12-8-6-9-13-20;1-5-6(2,3)4/h6-15,22H,4-5,16-19H2,1-3H3;1H3,(H,2,3,4)/q+1;/p-1. The summed E-state index contributed by atoms with van der Waals surface area (Å²) < 4.78 is 37.7. The zero-order chi connectivity index (χ0) is 24.7. The molecule has 1 unspecified atom stereocenters. The molecule has 7 nitrogen and oxygen atoms in total. The molecule has 9 heteroatoms. The molecular formula is C24H35NO6S2. The number of carbonyl (C=O) groups excluding carboxylic acids is 1. The number of rotatable bonds is 12. The van der Waals surface area contributed by atoms with Crippen LogP contribution in [0.2, 0.25) is 0 Å². The van der Waals surface area contributed by atoms with E-state index >= 15 is 0 Å². The van der Waals surface area contributed by atoms with Crippen LogP contribution in [0.1, 0.15) is 30.2 Å². The zero-order valence-corrected chi connectivity index (χ0v) is 21.4. The first kappa shape index (κ1) is 29.1. The van der Waals surface area contributed by atoms with Crippen LogP contribution in [-0.2, 0) is 30.5 Å². The summed E-state index contributed by atoms with van der Waals surface area (Å²) in [7, 11) is -1.30. The fourth-order valence-electron chi connectivity index (χ4n) is 2.85. The molecule has 0 heterocycles. The first-order chi connectivity index (χ1) is 15.6. The number of hydrogen-bond acceptors (Lipinski definition) is 7. The lowest BCUT2D eigenvalue weighted by Crippen LogP contribution is -2.45. The Balaban J connectivity index is 0.000000801. The molecule has 2 aromatic carbocycles. The maximum atomic E-state index is 12.2. The molecule has 0 aliphatic heterocycles. The smallest absolute Gasteiger partial charge is 0.310 e. The van der Waals surface area contributed by atoms with Crippen LogP contribution in [0, 0.1) is 0 Å². The van der Waals surface area contributed by atoms with Crippen LogP contribution in [0.5, 0.6) is 0 Å². The monoisotopic (exact) mass is 497 g/mol. The molecule has 0 spiro atoms. The second kappa shape index (κ2) is 15.1. The second-order valence-corrected chi connectivity index (χ2v) is 10.1. The molecule has 2 aromatic rings. The van der Waals surface area contributed by atoms with Gasteiger partial charge < -0.3 is 13.8 Å². The molecule has 0 saturated heterocycles. The van der Waals surface area contributed by atoms with Crippen LogP contribution < -0.4 is 0 Å². The molecule has 0 fully saturated rings. The summed E-state index contributed by atoms with van der Waals surface area (Å²) in [5.41, 5.74) is 2.21. The first-order valence-corrected chi connectivity index (χ1v) is 13.2. The van der Waals surface area contributed by atoms with E-state index in [2.05, 4.69) is 37.2 Å². The molecule has 1 atom stereocenters. The molecule has 0 amide bonds. The summed E-state index contributed by atoms with van der Waals surface area (Å²) in [6.45, 7) is 8.31. The summed E-state index contributed by atoms with van der Waals surface area (Å²) in [6.07, 6.45) is 0.327. The number of carbonyl (C=O) groups is 1. The Kier molecular flexibility index (Phi) is 13.3. The van der Waals surface area contributed by atoms with Crippen LogP contribution >= 0.6 is 11.8 Å². The van der Waals surface area contributed by atoms with Gasteiger partial charge >= 0.3 is 5.97 Å². The van der Waals surface area contributed by atoms with Crippen molar-refractivity contribution in [2.75, 3.05) is 46.2 Å². The maximum absolute atomic E-state index is 12.2. The third-order valence-corrected chi connectivity index (χ3v) is 7.08. The topological polar surface area (TPSA) is 92.7 Å². The number of benzene rings is 2. The van der Waals surface area contributed by atoms with Gasteiger partial charge in [-0.3, -0.25) is 8.98 Å². The molecule has 0 bridgehead atoms. The molecule has 0 aliphatic carbocycles. The Bertz CT molecular complexity index is 903. The summed E-state index contributed by atoms with van der Waals surface area (Å²) in [4.78, 5) is 12.2. The summed E-state index contributed by atoms with van der Waals surface area (Å²) >= 11 is 1.89. The molecular weight excluding hydrogens is 462 g/mol. The number of hydrogen-bond donors (Lipinski definition) is 0. The highest BCUT2D eigenvalue weighted by molar-refractivity contribution is 7.99. The van der Waals surface area contributed by atoms with Gasteiger partial charge in [-0.05, 0) is 25.0 Å². The second-order valence-electron chi connectivity index (χ2n) is 7.67. The van der Waals surface area contributed by atoms with Gasteiger partial charge in [-0.1, -0.05) is 60.7 Å². The molecule has 0 radical (unpaired) electrons. The van der Waals surface area contributed by atoms with E-state index in [1.54, 1.807) is 0 Å². The van der Waals surface area contributed by atoms with Gasteiger partial charge in [0, 0.05) is 5.75 Å². The van der Waals surface area contributed by atoms with Crippen LogP contribution in [0.3, 0.4) is 0 Å². The van der Waals surface area contributed by atoms with E-state index in [9.17, 15) is 17.8 Å². The quantitative estimate of drug-likeness (QED) is 0.190. The minimum absolute atomic E-state index is 0.162. The fraction of sp³-hybridized carbons (Fsp3) is 0.458. The predicted molar refractivity (Wildman–Crippen MR) is 132 cm³/mol. The average molecular weight is 498 g/mol. The molecule has 33 heavy (non-hydrogen) atoms. The summed E-state index contributed by atoms with van der Waals surface area (Å²) in [6, 6.07) is 20.1. The normalized spacial score (nSPS) is 12.4. The lowest BCUT2D eigenvalue weighted by atomic mass is 10.1. The minimum atomic E-state index is -4.41. The first-order valence-electron chi connectivity index (χ1n) is 10.8. The van der Waals surface area contributed by atoms with Gasteiger partial charge in [-0.25, -0.2) is 8.42 Å².